The second kappa shape index (κ2) is 43.2. The molecule has 121 heavy (non-hydrogen) atoms. The Kier molecular flexibility index (Phi) is 32.7. The van der Waals surface area contributed by atoms with Crippen LogP contribution in [0.1, 0.15) is 152 Å². The van der Waals surface area contributed by atoms with Crippen LogP contribution in [0, 0.1) is 29.1 Å². The van der Waals surface area contributed by atoms with Crippen LogP contribution >= 0.6 is 81.2 Å². The number of hydrogen-bond acceptors (Lipinski definition) is 20. The number of nitrogens with two attached hydrogens (primary N) is 6. The molecule has 6 heterocycles. The van der Waals surface area contributed by atoms with Gasteiger partial charge in [-0.05, 0) is 178 Å². The van der Waals surface area contributed by atoms with E-state index in [1.54, 1.807) is 37.4 Å². The molecule has 4 fully saturated rings. The van der Waals surface area contributed by atoms with Gasteiger partial charge in [0.15, 0.2) is 0 Å². The highest BCUT2D eigenvalue weighted by Gasteiger charge is 2.31. The van der Waals surface area contributed by atoms with E-state index in [4.69, 9.17) is 120 Å². The van der Waals surface area contributed by atoms with E-state index in [0.717, 1.165) is 159 Å². The molecular formula is C91H99Cl7F3N19O. The van der Waals surface area contributed by atoms with E-state index in [1.165, 1.54) is 89.5 Å². The number of benzene rings is 6. The van der Waals surface area contributed by atoms with E-state index >= 15 is 0 Å². The highest BCUT2D eigenvalue weighted by molar-refractivity contribution is 6.45. The summed E-state index contributed by atoms with van der Waals surface area (Å²) in [6, 6.07) is 48.5. The molecule has 13 N–H and O–H groups in total. The van der Waals surface area contributed by atoms with Gasteiger partial charge in [-0.25, -0.2) is 54.8 Å². The van der Waals surface area contributed by atoms with Crippen LogP contribution in [0.2, 0.25) is 35.2 Å². The summed E-state index contributed by atoms with van der Waals surface area (Å²) in [6.07, 6.45) is 17.7. The van der Waals surface area contributed by atoms with E-state index in [9.17, 15) is 13.2 Å². The number of unbranched alkanes of at least 4 members (excludes halogenated alkanes) is 2. The summed E-state index contributed by atoms with van der Waals surface area (Å²) < 4.78 is 43.6. The molecule has 20 nitrogen and oxygen atoms in total. The van der Waals surface area contributed by atoms with Gasteiger partial charge in [-0.3, -0.25) is 0 Å². The molecule has 0 unspecified atom stereocenters. The molecule has 4 aliphatic carbocycles. The topological polar surface area (TPSA) is 332 Å². The van der Waals surface area contributed by atoms with Crippen molar-refractivity contribution in [1.29, 1.82) is 0 Å². The largest absolute Gasteiger partial charge is 0.497 e. The maximum absolute atomic E-state index is 12.8. The number of nitrogen functional groups attached to an aromatic ring is 6. The van der Waals surface area contributed by atoms with Crippen molar-refractivity contribution in [1.82, 2.24) is 59.8 Å². The number of halogens is 10. The molecule has 6 aromatic heterocycles. The molecule has 4 saturated carbocycles. The summed E-state index contributed by atoms with van der Waals surface area (Å²) in [5, 5.41) is 6.93. The fraction of sp³-hybridized carbons (Fsp3) is 0.341. The van der Waals surface area contributed by atoms with Crippen molar-refractivity contribution in [3.63, 3.8) is 0 Å². The molecule has 0 bridgehead atoms. The Balaban J connectivity index is 0.000000142. The lowest BCUT2D eigenvalue weighted by Gasteiger charge is -2.24. The normalized spacial score (nSPS) is 13.7. The first-order chi connectivity index (χ1) is 57.9. The molecule has 0 atom stereocenters. The average Bonchev–Trinajstić information content (AvgIpc) is 1.76. The third-order valence-corrected chi connectivity index (χ3v) is 23.3. The van der Waals surface area contributed by atoms with E-state index < -0.39 is 11.7 Å². The smallest absolute Gasteiger partial charge is 0.416 e. The summed E-state index contributed by atoms with van der Waals surface area (Å²) in [7, 11) is 1.66. The van der Waals surface area contributed by atoms with E-state index in [1.807, 2.05) is 109 Å². The summed E-state index contributed by atoms with van der Waals surface area (Å²) >= 11 is 42.7. The zero-order valence-electron chi connectivity index (χ0n) is 68.1. The van der Waals surface area contributed by atoms with Crippen LogP contribution in [0.25, 0.3) is 67.5 Å². The second-order valence-electron chi connectivity index (χ2n) is 31.7. The molecule has 0 spiro atoms. The molecule has 12 aromatic rings. The van der Waals surface area contributed by atoms with Crippen molar-refractivity contribution in [2.45, 2.75) is 156 Å². The number of nitrogens with zero attached hydrogens (tertiary/aromatic N) is 12. The van der Waals surface area contributed by atoms with Gasteiger partial charge in [0.1, 0.15) is 11.6 Å². The predicted octanol–water partition coefficient (Wildman–Crippen LogP) is 24.1. The van der Waals surface area contributed by atoms with Gasteiger partial charge in [-0.1, -0.05) is 240 Å². The van der Waals surface area contributed by atoms with Crippen LogP contribution in [0.15, 0.2) is 164 Å². The number of nitrogens with one attached hydrogen (secondary N) is 1. The van der Waals surface area contributed by atoms with Crippen LogP contribution in [0.5, 0.6) is 5.75 Å². The molecule has 0 radical (unpaired) electrons. The van der Waals surface area contributed by atoms with Gasteiger partial charge >= 0.3 is 6.18 Å². The summed E-state index contributed by atoms with van der Waals surface area (Å²) in [6.45, 7) is 9.47. The Morgan fingerprint density at radius 2 is 0.727 bits per heavy atom. The van der Waals surface area contributed by atoms with Crippen molar-refractivity contribution in [2.75, 3.05) is 53.4 Å². The summed E-state index contributed by atoms with van der Waals surface area (Å²) in [5.74, 6) is 5.97. The number of methoxy groups -OCH3 is 1. The molecule has 0 saturated heterocycles. The van der Waals surface area contributed by atoms with E-state index in [0.29, 0.717) is 76.4 Å². The monoisotopic (exact) mass is 1780 g/mol. The fourth-order valence-electron chi connectivity index (χ4n) is 13.6. The first-order valence-corrected chi connectivity index (χ1v) is 43.0. The van der Waals surface area contributed by atoms with Gasteiger partial charge in [0.05, 0.1) is 77.0 Å². The maximum atomic E-state index is 12.8. The molecule has 0 amide bonds. The second-order valence-corrected chi connectivity index (χ2v) is 34.4. The van der Waals surface area contributed by atoms with Crippen LogP contribution in [0.3, 0.4) is 0 Å². The van der Waals surface area contributed by atoms with Crippen molar-refractivity contribution in [3.05, 3.63) is 233 Å². The van der Waals surface area contributed by atoms with Crippen molar-refractivity contribution >= 4 is 123 Å². The Morgan fingerprint density at radius 1 is 0.380 bits per heavy atom. The van der Waals surface area contributed by atoms with Gasteiger partial charge in [0.25, 0.3) is 0 Å². The predicted molar refractivity (Wildman–Crippen MR) is 489 cm³/mol. The minimum atomic E-state index is -4.37. The number of anilines is 7. The molecule has 4 aliphatic rings. The van der Waals surface area contributed by atoms with E-state index in [-0.39, 0.29) is 29.2 Å². The standard InChI is InChI=1S/C16H16F3N3.C16H19N3O.C15H18Cl2N4.C15H17Cl2N3.C15H16ClN3.C14H13Cl2N3/c17-16(18,19)12-6-2-5-11(8-12)14-9-13(21-15(20)22-14)7-10-3-1-4-10;1-20-14-7-5-12(6-8-14)15-10-13(18-16(17)19-15)9-11-3-2-4-11;1-2-3-4-8-19-13-9-12(20-15(18)21-13)10-6-5-7-11(16)14(10)17;1-15(2,3)8-9-7-12(20-14(18)19-9)10-5-4-6-11(16)13(10)17;16-12-6-4-11(5-7-12)14-9-13(18-15(17)19-14)8-10-2-1-3-10;15-11-3-1-2-10(13(11)16)12-7-9(6-8-4-5-8)18-14(17)19-12/h2,5-6,8-10H,1,3-4,7H2,(H2,20,21,22);5-8,10-11H,2-4,9H2,1H3,(H2,17,18,19);5-7,9H,2-4,8H2,1H3,(H3,18,19,20,21);4-7H,8H2,1-3H3,(H2,18,19,20);4-7,9-10H,1-3,8H2,(H2,17,18,19);1-3,7-8H,4-6H2,(H2,17,18,19). The van der Waals surface area contributed by atoms with Crippen LogP contribution in [-0.4, -0.2) is 73.5 Å². The summed E-state index contributed by atoms with van der Waals surface area (Å²) in [5.41, 5.74) is 48.0. The highest BCUT2D eigenvalue weighted by Crippen LogP contribution is 2.41. The van der Waals surface area contributed by atoms with Gasteiger partial charge in [-0.2, -0.15) is 18.2 Å². The highest BCUT2D eigenvalue weighted by atomic mass is 35.5. The Bertz CT molecular complexity index is 5460. The molecule has 16 rings (SSSR count). The van der Waals surface area contributed by atoms with Crippen molar-refractivity contribution in [2.24, 2.45) is 29.1 Å². The van der Waals surface area contributed by atoms with Crippen LogP contribution < -0.4 is 44.5 Å². The molecule has 634 valence electrons. The lowest BCUT2D eigenvalue weighted by Crippen LogP contribution is -2.15. The van der Waals surface area contributed by atoms with Gasteiger partial charge in [0.2, 0.25) is 35.7 Å². The van der Waals surface area contributed by atoms with Crippen LogP contribution in [-0.2, 0) is 38.3 Å². The first-order valence-electron chi connectivity index (χ1n) is 40.3. The first kappa shape index (κ1) is 91.8. The fourth-order valence-corrected chi connectivity index (χ4v) is 14.9. The zero-order valence-corrected chi connectivity index (χ0v) is 73.4. The van der Waals surface area contributed by atoms with Crippen molar-refractivity contribution in [3.8, 4) is 73.3 Å². The number of aromatic nitrogens is 12. The molecule has 0 aliphatic heterocycles. The number of rotatable bonds is 21. The van der Waals surface area contributed by atoms with Gasteiger partial charge < -0.3 is 44.5 Å². The molecular weight excluding hydrogens is 1680 g/mol. The van der Waals surface area contributed by atoms with Gasteiger partial charge in [0, 0.05) is 79.5 Å². The van der Waals surface area contributed by atoms with Gasteiger partial charge in [-0.15, -0.1) is 0 Å². The third kappa shape index (κ3) is 28.0. The molecule has 30 heteroatoms. The Morgan fingerprint density at radius 3 is 1.10 bits per heavy atom. The van der Waals surface area contributed by atoms with Crippen LogP contribution in [0.4, 0.5) is 54.7 Å². The number of alkyl halides is 3. The minimum Gasteiger partial charge on any atom is -0.497 e. The van der Waals surface area contributed by atoms with Crippen molar-refractivity contribution < 1.29 is 17.9 Å². The Labute approximate surface area is 739 Å². The number of hydrogen-bond donors (Lipinski definition) is 7. The maximum Gasteiger partial charge on any atom is 0.416 e. The summed E-state index contributed by atoms with van der Waals surface area (Å²) in [4.78, 5) is 51.1. The zero-order chi connectivity index (χ0) is 86.5. The SMILES string of the molecule is CC(C)(C)Cc1cc(-c2cccc(Cl)c2Cl)nc(N)n1.CCCCCNc1cc(-c2cccc(Cl)c2Cl)nc(N)n1.COc1ccc(-c2cc(CC3CCC3)nc(N)n2)cc1.Nc1nc(CC2CC2)cc(-c2cccc(Cl)c2Cl)n1.Nc1nc(CC2CCC2)cc(-c2ccc(Cl)cc2)n1.Nc1nc(CC2CCC2)cc(-c2cccc(C(F)(F)F)c2)n1. The third-order valence-electron chi connectivity index (χ3n) is 20.6. The van der Waals surface area contributed by atoms with E-state index in [2.05, 4.69) is 98.9 Å². The molecule has 6 aromatic carbocycles. The quantitative estimate of drug-likeness (QED) is 0.0329. The Hall–Kier alpha value is -9.98. The lowest BCUT2D eigenvalue weighted by molar-refractivity contribution is -0.137. The number of ether oxygens (including phenoxy) is 1. The minimum absolute atomic E-state index is 0.101. The lowest BCUT2D eigenvalue weighted by atomic mass is 9.82. The average molecular weight is 1780 g/mol.